The van der Waals surface area contributed by atoms with E-state index < -0.39 is 16.1 Å². The summed E-state index contributed by atoms with van der Waals surface area (Å²) in [5.41, 5.74) is 2.67. The molecule has 1 atom stereocenters. The van der Waals surface area contributed by atoms with Gasteiger partial charge >= 0.3 is 0 Å². The number of hydrogen-bond acceptors (Lipinski definition) is 4. The van der Waals surface area contributed by atoms with Gasteiger partial charge in [0.1, 0.15) is 4.75 Å². The van der Waals surface area contributed by atoms with Crippen LogP contribution in [0.1, 0.15) is 36.7 Å². The van der Waals surface area contributed by atoms with Crippen molar-refractivity contribution in [3.05, 3.63) is 51.5 Å². The first-order valence-electron chi connectivity index (χ1n) is 7.56. The fourth-order valence-corrected chi connectivity index (χ4v) is 3.72. The molecule has 0 saturated carbocycles. The van der Waals surface area contributed by atoms with Gasteiger partial charge in [0.15, 0.2) is 6.29 Å². The minimum atomic E-state index is -1.27. The third kappa shape index (κ3) is 4.73. The van der Waals surface area contributed by atoms with Gasteiger partial charge in [0.05, 0.1) is 16.6 Å². The Morgan fingerprint density at radius 1 is 1.20 bits per heavy atom. The molecule has 0 fully saturated rings. The first-order chi connectivity index (χ1) is 11.7. The molecule has 0 bridgehead atoms. The fourth-order valence-electron chi connectivity index (χ4n) is 2.26. The van der Waals surface area contributed by atoms with E-state index in [4.69, 9.17) is 23.2 Å². The van der Waals surface area contributed by atoms with E-state index in [1.165, 1.54) is 0 Å². The maximum Gasteiger partial charge on any atom is 0.150 e. The zero-order valence-corrected chi connectivity index (χ0v) is 17.3. The van der Waals surface area contributed by atoms with Gasteiger partial charge in [-0.15, -0.1) is 17.4 Å². The van der Waals surface area contributed by atoms with Crippen molar-refractivity contribution in [2.24, 2.45) is 0 Å². The maximum atomic E-state index is 12.3. The summed E-state index contributed by atoms with van der Waals surface area (Å²) in [6.45, 7) is 5.89. The fraction of sp³-hybridized carbons (Fsp3) is 0.278. The third-order valence-corrected chi connectivity index (χ3v) is 6.51. The number of carbonyl (C=O) groups is 1. The average molecular weight is 416 g/mol. The Labute approximate surface area is 166 Å². The Morgan fingerprint density at radius 2 is 1.84 bits per heavy atom. The smallest absolute Gasteiger partial charge is 0.150 e. The van der Waals surface area contributed by atoms with Crippen molar-refractivity contribution >= 4 is 53.5 Å². The summed E-state index contributed by atoms with van der Waals surface area (Å²) in [7, 11) is 0. The Kier molecular flexibility index (Phi) is 6.87. The maximum absolute atomic E-state index is 12.3. The number of carbonyl (C=O) groups excluding carboxylic acids is 1. The Balaban J connectivity index is 2.54. The lowest BCUT2D eigenvalue weighted by molar-refractivity contribution is 0.112. The van der Waals surface area contributed by atoms with Crippen LogP contribution in [-0.2, 0) is 17.9 Å². The molecule has 2 aromatic rings. The Hall–Kier alpha value is -0.690. The molecule has 2 aromatic carbocycles. The van der Waals surface area contributed by atoms with Crippen LogP contribution in [-0.4, -0.2) is 15.6 Å². The van der Waals surface area contributed by atoms with Gasteiger partial charge in [0, 0.05) is 21.8 Å². The lowest BCUT2D eigenvalue weighted by Gasteiger charge is -2.24. The van der Waals surface area contributed by atoms with Gasteiger partial charge in [-0.05, 0) is 43.5 Å². The summed E-state index contributed by atoms with van der Waals surface area (Å²) < 4.78 is 14.9. The number of rotatable bonds is 5. The molecular formula is C18H19Cl2NO2S2. The largest absolute Gasteiger partial charge is 0.598 e. The van der Waals surface area contributed by atoms with E-state index in [1.54, 1.807) is 18.2 Å². The highest BCUT2D eigenvalue weighted by molar-refractivity contribution is 7.90. The number of nitrogens with one attached hydrogen (secondary N) is 1. The second-order valence-corrected chi connectivity index (χ2v) is 9.75. The number of aldehydes is 1. The zero-order chi connectivity index (χ0) is 18.8. The van der Waals surface area contributed by atoms with E-state index in [0.717, 1.165) is 17.4 Å². The number of benzene rings is 2. The predicted octanol–water partition coefficient (Wildman–Crippen LogP) is 5.31. The van der Waals surface area contributed by atoms with Crippen LogP contribution in [0, 0.1) is 0 Å². The first-order valence-corrected chi connectivity index (χ1v) is 9.92. The van der Waals surface area contributed by atoms with Gasteiger partial charge in [0.2, 0.25) is 0 Å². The second kappa shape index (κ2) is 8.33. The predicted molar refractivity (Wildman–Crippen MR) is 109 cm³/mol. The quantitative estimate of drug-likeness (QED) is 0.394. The highest BCUT2D eigenvalue weighted by Crippen LogP contribution is 2.39. The molecule has 1 unspecified atom stereocenters. The Bertz CT molecular complexity index is 791. The van der Waals surface area contributed by atoms with Crippen molar-refractivity contribution in [1.82, 2.24) is 4.72 Å². The van der Waals surface area contributed by atoms with Crippen molar-refractivity contribution in [3.8, 4) is 11.1 Å². The third-order valence-electron chi connectivity index (χ3n) is 3.60. The van der Waals surface area contributed by atoms with Crippen molar-refractivity contribution in [3.63, 3.8) is 0 Å². The van der Waals surface area contributed by atoms with Crippen LogP contribution in [0.15, 0.2) is 35.2 Å². The lowest BCUT2D eigenvalue weighted by Crippen LogP contribution is -2.39. The van der Waals surface area contributed by atoms with Crippen molar-refractivity contribution in [1.29, 1.82) is 0 Å². The first kappa shape index (κ1) is 20.6. The highest BCUT2D eigenvalue weighted by Gasteiger charge is 2.27. The molecular weight excluding hydrogens is 397 g/mol. The molecule has 0 aromatic heterocycles. The monoisotopic (exact) mass is 415 g/mol. The van der Waals surface area contributed by atoms with E-state index in [1.807, 2.05) is 32.9 Å². The second-order valence-electron chi connectivity index (χ2n) is 6.46. The molecule has 0 aliphatic heterocycles. The van der Waals surface area contributed by atoms with E-state index >= 15 is 0 Å². The summed E-state index contributed by atoms with van der Waals surface area (Å²) in [6.07, 6.45) is 0.792. The molecule has 2 rings (SSSR count). The molecule has 0 aliphatic carbocycles. The summed E-state index contributed by atoms with van der Waals surface area (Å²) in [5.74, 6) is 0. The minimum absolute atomic E-state index is 0.249. The standard InChI is InChI=1S/C18H19Cl2NO2S2/c1-18(2,3)25(23)21-9-14-13(8-15(24)17(20)16(14)19)12-7-5-4-6-11(12)10-22/h4-8,10,21,24H,9H2,1-3H3. The molecule has 0 amide bonds. The van der Waals surface area contributed by atoms with Crippen molar-refractivity contribution in [2.75, 3.05) is 0 Å². The molecule has 0 aliphatic rings. The number of halogens is 2. The normalized spacial score (nSPS) is 12.9. The van der Waals surface area contributed by atoms with Crippen LogP contribution < -0.4 is 4.72 Å². The average Bonchev–Trinajstić information content (AvgIpc) is 2.57. The Morgan fingerprint density at radius 3 is 2.44 bits per heavy atom. The van der Waals surface area contributed by atoms with Gasteiger partial charge in [-0.3, -0.25) is 4.79 Å². The molecule has 0 saturated heterocycles. The van der Waals surface area contributed by atoms with Gasteiger partial charge in [-0.1, -0.05) is 47.5 Å². The molecule has 0 heterocycles. The van der Waals surface area contributed by atoms with Crippen LogP contribution in [0.2, 0.25) is 10.0 Å². The number of hydrogen-bond donors (Lipinski definition) is 2. The van der Waals surface area contributed by atoms with Crippen LogP contribution in [0.5, 0.6) is 0 Å². The molecule has 0 radical (unpaired) electrons. The lowest BCUT2D eigenvalue weighted by atomic mass is 9.96. The molecule has 134 valence electrons. The number of thiol groups is 1. The summed E-state index contributed by atoms with van der Waals surface area (Å²) >= 11 is 15.8. The van der Waals surface area contributed by atoms with E-state index in [2.05, 4.69) is 17.4 Å². The van der Waals surface area contributed by atoms with Crippen LogP contribution in [0.25, 0.3) is 11.1 Å². The van der Waals surface area contributed by atoms with Gasteiger partial charge < -0.3 is 4.55 Å². The van der Waals surface area contributed by atoms with E-state index in [0.29, 0.717) is 26.1 Å². The molecule has 25 heavy (non-hydrogen) atoms. The summed E-state index contributed by atoms with van der Waals surface area (Å²) in [6, 6.07) is 8.97. The van der Waals surface area contributed by atoms with Crippen LogP contribution in [0.3, 0.4) is 0 Å². The molecule has 7 heteroatoms. The molecule has 1 N–H and O–H groups in total. The van der Waals surface area contributed by atoms with E-state index in [-0.39, 0.29) is 6.54 Å². The van der Waals surface area contributed by atoms with Gasteiger partial charge in [-0.25, -0.2) is 0 Å². The highest BCUT2D eigenvalue weighted by atomic mass is 35.5. The van der Waals surface area contributed by atoms with Gasteiger partial charge in [-0.2, -0.15) is 0 Å². The molecule has 3 nitrogen and oxygen atoms in total. The minimum Gasteiger partial charge on any atom is -0.598 e. The molecule has 0 spiro atoms. The van der Waals surface area contributed by atoms with E-state index in [9.17, 15) is 9.35 Å². The van der Waals surface area contributed by atoms with Crippen LogP contribution >= 0.6 is 35.8 Å². The topological polar surface area (TPSA) is 52.2 Å². The van der Waals surface area contributed by atoms with Crippen molar-refractivity contribution < 1.29 is 9.35 Å². The SMILES string of the molecule is CC(C)(C)[S+]([O-])NCc1c(-c2ccccc2C=O)cc(S)c(Cl)c1Cl. The zero-order valence-electron chi connectivity index (χ0n) is 14.1. The summed E-state index contributed by atoms with van der Waals surface area (Å²) in [5, 5.41) is 0.666. The van der Waals surface area contributed by atoms with Crippen molar-refractivity contribution in [2.45, 2.75) is 37.0 Å². The summed E-state index contributed by atoms with van der Waals surface area (Å²) in [4.78, 5) is 11.9. The van der Waals surface area contributed by atoms with Crippen LogP contribution in [0.4, 0.5) is 0 Å². The van der Waals surface area contributed by atoms with Gasteiger partial charge in [0.25, 0.3) is 0 Å².